The minimum Gasteiger partial charge on any atom is -0.312 e. The normalized spacial score (nSPS) is 14.4. The van der Waals surface area contributed by atoms with Crippen molar-refractivity contribution < 1.29 is 4.79 Å². The van der Waals surface area contributed by atoms with Gasteiger partial charge in [0, 0.05) is 35.2 Å². The Balaban J connectivity index is 1.59. The number of benzene rings is 2. The van der Waals surface area contributed by atoms with Gasteiger partial charge in [0.15, 0.2) is 0 Å². The fourth-order valence-electron chi connectivity index (χ4n) is 2.85. The number of thiazole rings is 1. The molecule has 0 aliphatic carbocycles. The highest BCUT2D eigenvalue weighted by Crippen LogP contribution is 2.30. The first-order chi connectivity index (χ1) is 11.3. The predicted molar refractivity (Wildman–Crippen MR) is 94.6 cm³/mol. The zero-order valence-electron chi connectivity index (χ0n) is 12.6. The lowest BCUT2D eigenvalue weighted by Crippen LogP contribution is -2.23. The van der Waals surface area contributed by atoms with Crippen molar-refractivity contribution in [3.8, 4) is 21.8 Å². The summed E-state index contributed by atoms with van der Waals surface area (Å²) in [5.74, 6) is 0.220. The maximum absolute atomic E-state index is 11.8. The summed E-state index contributed by atoms with van der Waals surface area (Å²) in [5.41, 5.74) is 4.18. The van der Waals surface area contributed by atoms with Gasteiger partial charge in [0.1, 0.15) is 5.01 Å². The van der Waals surface area contributed by atoms with Crippen molar-refractivity contribution in [2.24, 2.45) is 0 Å². The molecule has 1 fully saturated rings. The summed E-state index contributed by atoms with van der Waals surface area (Å²) in [4.78, 5) is 18.4. The van der Waals surface area contributed by atoms with Crippen LogP contribution in [-0.2, 0) is 4.79 Å². The first-order valence-corrected chi connectivity index (χ1v) is 8.61. The van der Waals surface area contributed by atoms with Gasteiger partial charge in [-0.2, -0.15) is 0 Å². The SMILES string of the molecule is O=C1CCCN1c1ccc(-c2csc(-c3ccccc3)n2)cc1. The topological polar surface area (TPSA) is 33.2 Å². The second kappa shape index (κ2) is 5.97. The van der Waals surface area contributed by atoms with Crippen LogP contribution in [0.4, 0.5) is 5.69 Å². The third kappa shape index (κ3) is 2.78. The van der Waals surface area contributed by atoms with Gasteiger partial charge in [0.2, 0.25) is 5.91 Å². The van der Waals surface area contributed by atoms with Gasteiger partial charge < -0.3 is 4.90 Å². The fourth-order valence-corrected chi connectivity index (χ4v) is 3.69. The van der Waals surface area contributed by atoms with E-state index in [1.807, 2.05) is 47.4 Å². The van der Waals surface area contributed by atoms with Crippen molar-refractivity contribution in [1.29, 1.82) is 0 Å². The summed E-state index contributed by atoms with van der Waals surface area (Å²) < 4.78 is 0. The number of hydrogen-bond acceptors (Lipinski definition) is 3. The molecule has 0 N–H and O–H groups in total. The lowest BCUT2D eigenvalue weighted by molar-refractivity contribution is -0.117. The summed E-state index contributed by atoms with van der Waals surface area (Å²) in [6.45, 7) is 0.826. The number of carbonyl (C=O) groups is 1. The van der Waals surface area contributed by atoms with Crippen molar-refractivity contribution in [3.05, 3.63) is 60.0 Å². The van der Waals surface area contributed by atoms with Crippen molar-refractivity contribution in [2.75, 3.05) is 11.4 Å². The average molecular weight is 320 g/mol. The van der Waals surface area contributed by atoms with Gasteiger partial charge in [0.05, 0.1) is 5.69 Å². The Kier molecular flexibility index (Phi) is 3.67. The molecule has 4 rings (SSSR count). The molecule has 0 saturated carbocycles. The van der Waals surface area contributed by atoms with Crippen LogP contribution in [0.1, 0.15) is 12.8 Å². The number of carbonyl (C=O) groups excluding carboxylic acids is 1. The molecular formula is C19H16N2OS. The number of anilines is 1. The lowest BCUT2D eigenvalue weighted by atomic mass is 10.1. The molecule has 0 unspecified atom stereocenters. The largest absolute Gasteiger partial charge is 0.312 e. The zero-order chi connectivity index (χ0) is 15.6. The average Bonchev–Trinajstić information content (AvgIpc) is 3.25. The van der Waals surface area contributed by atoms with Gasteiger partial charge in [-0.15, -0.1) is 11.3 Å². The Morgan fingerprint density at radius 1 is 0.957 bits per heavy atom. The molecule has 0 bridgehead atoms. The quantitative estimate of drug-likeness (QED) is 0.706. The minimum absolute atomic E-state index is 0.220. The van der Waals surface area contributed by atoms with Gasteiger partial charge in [-0.1, -0.05) is 42.5 Å². The first-order valence-electron chi connectivity index (χ1n) is 7.73. The van der Waals surface area contributed by atoms with Crippen LogP contribution in [0.25, 0.3) is 21.8 Å². The van der Waals surface area contributed by atoms with Crippen LogP contribution in [0.5, 0.6) is 0 Å². The molecule has 0 radical (unpaired) electrons. The lowest BCUT2D eigenvalue weighted by Gasteiger charge is -2.15. The van der Waals surface area contributed by atoms with E-state index in [-0.39, 0.29) is 5.91 Å². The Morgan fingerprint density at radius 2 is 1.74 bits per heavy atom. The fraction of sp³-hybridized carbons (Fsp3) is 0.158. The van der Waals surface area contributed by atoms with E-state index in [0.29, 0.717) is 6.42 Å². The van der Waals surface area contributed by atoms with Gasteiger partial charge in [-0.05, 0) is 18.6 Å². The first kappa shape index (κ1) is 14.2. The van der Waals surface area contributed by atoms with Gasteiger partial charge >= 0.3 is 0 Å². The van der Waals surface area contributed by atoms with Gasteiger partial charge in [-0.3, -0.25) is 4.79 Å². The molecule has 1 aliphatic rings. The molecule has 0 atom stereocenters. The second-order valence-electron chi connectivity index (χ2n) is 5.60. The molecular weight excluding hydrogens is 304 g/mol. The summed E-state index contributed by atoms with van der Waals surface area (Å²) >= 11 is 1.65. The highest BCUT2D eigenvalue weighted by Gasteiger charge is 2.21. The molecule has 1 saturated heterocycles. The smallest absolute Gasteiger partial charge is 0.227 e. The number of amides is 1. The molecule has 3 nitrogen and oxygen atoms in total. The van der Waals surface area contributed by atoms with E-state index >= 15 is 0 Å². The van der Waals surface area contributed by atoms with Crippen molar-refractivity contribution in [3.63, 3.8) is 0 Å². The highest BCUT2D eigenvalue weighted by molar-refractivity contribution is 7.13. The number of hydrogen-bond donors (Lipinski definition) is 0. The predicted octanol–water partition coefficient (Wildman–Crippen LogP) is 4.60. The molecule has 114 valence electrons. The maximum Gasteiger partial charge on any atom is 0.227 e. The summed E-state index contributed by atoms with van der Waals surface area (Å²) in [6, 6.07) is 18.3. The highest BCUT2D eigenvalue weighted by atomic mass is 32.1. The van der Waals surface area contributed by atoms with Gasteiger partial charge in [0.25, 0.3) is 0 Å². The van der Waals surface area contributed by atoms with Crippen LogP contribution in [0.3, 0.4) is 0 Å². The van der Waals surface area contributed by atoms with E-state index in [0.717, 1.165) is 40.5 Å². The van der Waals surface area contributed by atoms with Crippen LogP contribution in [0, 0.1) is 0 Å². The number of rotatable bonds is 3. The molecule has 3 aromatic rings. The molecule has 2 aromatic carbocycles. The Hall–Kier alpha value is -2.46. The van der Waals surface area contributed by atoms with Crippen LogP contribution >= 0.6 is 11.3 Å². The zero-order valence-corrected chi connectivity index (χ0v) is 13.4. The Morgan fingerprint density at radius 3 is 2.43 bits per heavy atom. The molecule has 1 amide bonds. The van der Waals surface area contributed by atoms with Crippen LogP contribution in [0.2, 0.25) is 0 Å². The molecule has 1 aliphatic heterocycles. The summed E-state index contributed by atoms with van der Waals surface area (Å²) in [5, 5.41) is 3.11. The van der Waals surface area contributed by atoms with E-state index in [4.69, 9.17) is 4.98 Å². The monoisotopic (exact) mass is 320 g/mol. The van der Waals surface area contributed by atoms with Gasteiger partial charge in [-0.25, -0.2) is 4.98 Å². The van der Waals surface area contributed by atoms with Crippen molar-refractivity contribution in [1.82, 2.24) is 4.98 Å². The molecule has 1 aromatic heterocycles. The maximum atomic E-state index is 11.8. The van der Waals surface area contributed by atoms with Crippen LogP contribution in [-0.4, -0.2) is 17.4 Å². The molecule has 0 spiro atoms. The van der Waals surface area contributed by atoms with E-state index in [1.54, 1.807) is 11.3 Å². The minimum atomic E-state index is 0.220. The Labute approximate surface area is 139 Å². The van der Waals surface area contributed by atoms with E-state index < -0.39 is 0 Å². The Bertz CT molecular complexity index is 824. The van der Waals surface area contributed by atoms with Crippen molar-refractivity contribution in [2.45, 2.75) is 12.8 Å². The summed E-state index contributed by atoms with van der Waals surface area (Å²) in [7, 11) is 0. The molecule has 2 heterocycles. The van der Waals surface area contributed by atoms with Crippen LogP contribution in [0.15, 0.2) is 60.0 Å². The van der Waals surface area contributed by atoms with Crippen molar-refractivity contribution >= 4 is 22.9 Å². The van der Waals surface area contributed by atoms with E-state index in [2.05, 4.69) is 17.5 Å². The summed E-state index contributed by atoms with van der Waals surface area (Å²) in [6.07, 6.45) is 1.61. The van der Waals surface area contributed by atoms with E-state index in [1.165, 1.54) is 0 Å². The molecule has 4 heteroatoms. The van der Waals surface area contributed by atoms with Crippen LogP contribution < -0.4 is 4.90 Å². The number of nitrogens with zero attached hydrogens (tertiary/aromatic N) is 2. The van der Waals surface area contributed by atoms with E-state index in [9.17, 15) is 4.79 Å². The third-order valence-corrected chi connectivity index (χ3v) is 4.96. The standard InChI is InChI=1S/C19H16N2OS/c22-18-7-4-12-21(18)16-10-8-14(9-11-16)17-13-23-19(20-17)15-5-2-1-3-6-15/h1-3,5-6,8-11,13H,4,7,12H2. The molecule has 23 heavy (non-hydrogen) atoms. The second-order valence-corrected chi connectivity index (χ2v) is 6.46. The third-order valence-electron chi connectivity index (χ3n) is 4.07. The number of aromatic nitrogens is 1.